The molecule has 6 aromatic rings. The van der Waals surface area contributed by atoms with E-state index in [1.54, 1.807) is 0 Å². The predicted molar refractivity (Wildman–Crippen MR) is 489 cm³/mol. The van der Waals surface area contributed by atoms with Gasteiger partial charge in [-0.3, -0.25) is 0 Å². The van der Waals surface area contributed by atoms with Crippen LogP contribution in [-0.2, 0) is 110 Å². The smallest absolute Gasteiger partial charge is 0.331 e. The third-order valence-electron chi connectivity index (χ3n) is 20.6. The number of carbonyl (C=O) groups is 4. The van der Waals surface area contributed by atoms with E-state index in [9.17, 15) is 49.8 Å². The normalized spacial score (nSPS) is 12.6. The van der Waals surface area contributed by atoms with Crippen molar-refractivity contribution in [2.24, 2.45) is 0 Å². The van der Waals surface area contributed by atoms with Gasteiger partial charge in [0, 0.05) is 65.0 Å². The van der Waals surface area contributed by atoms with Crippen molar-refractivity contribution in [3.8, 4) is 34.5 Å². The number of hydrogen-bond donors (Lipinski definition) is 10. The second-order valence-corrected chi connectivity index (χ2v) is 44.1. The van der Waals surface area contributed by atoms with E-state index >= 15 is 0 Å². The van der Waals surface area contributed by atoms with Gasteiger partial charge >= 0.3 is 23.9 Å². The third-order valence-corrected chi connectivity index (χ3v) is 20.6. The van der Waals surface area contributed by atoms with Crippen molar-refractivity contribution < 1.29 is 70.2 Å². The van der Waals surface area contributed by atoms with Crippen LogP contribution in [0.1, 0.15) is 370 Å². The van der Waals surface area contributed by atoms with Gasteiger partial charge < -0.3 is 51.1 Å². The highest BCUT2D eigenvalue weighted by molar-refractivity contribution is 5.88. The molecule has 0 saturated carbocycles. The van der Waals surface area contributed by atoms with Gasteiger partial charge in [-0.2, -0.15) is 0 Å². The number of carboxylic acids is 4. The largest absolute Gasteiger partial charge is 0.507 e. The molecule has 0 heterocycles. The van der Waals surface area contributed by atoms with Gasteiger partial charge in [-0.1, -0.05) is 363 Å². The van der Waals surface area contributed by atoms with Crippen molar-refractivity contribution >= 4 is 23.9 Å². The Morgan fingerprint density at radius 2 is 0.368 bits per heavy atom. The van der Waals surface area contributed by atoms with Crippen LogP contribution in [0.5, 0.6) is 34.5 Å². The standard InChI is InChI=1S/C30H46O2.4C18H26O3.CH4/c1-18(21-14-19(27(2,3)4)16-23(25(21)31)29(8,9)10)22-15-20(28(5,6)7)17-24(26(22)32)30(11,12)13;4*1-11(16(20)21)8-12-9-13(17(2,3)4)15(19)14(10-12)18(5,6)7;/h14-18,31-32H,1-13H3;4*9-10,19H,1,8H2,2-7H3,(H,20,21);1H4. The molecule has 0 radical (unpaired) electrons. The molecule has 117 heavy (non-hydrogen) atoms. The lowest BCUT2D eigenvalue weighted by Gasteiger charge is -2.31. The van der Waals surface area contributed by atoms with Crippen LogP contribution < -0.4 is 0 Å². The second kappa shape index (κ2) is 37.9. The Morgan fingerprint density at radius 1 is 0.239 bits per heavy atom. The number of aliphatic carboxylic acids is 4. The van der Waals surface area contributed by atoms with Gasteiger partial charge in [-0.05, 0) is 154 Å². The summed E-state index contributed by atoms with van der Waals surface area (Å²) in [5.74, 6) is -2.20. The summed E-state index contributed by atoms with van der Waals surface area (Å²) in [4.78, 5) is 43.9. The SMILES string of the molecule is C.C=C(Cc1cc(C(C)(C)C)c(O)c(C(C)(C)C)c1)C(=O)O.C=C(Cc1cc(C(C)(C)C)c(O)c(C(C)(C)C)c1)C(=O)O.C=C(Cc1cc(C(C)(C)C)c(O)c(C(C)(C)C)c1)C(=O)O.C=C(Cc1cc(C(C)(C)C)c(O)c(C(C)(C)C)c1)C(=O)O.CC(c1cc(C(C)(C)C)cc(C(C)(C)C)c1O)c1cc(C(C)(C)C)cc(C(C)(C)C)c1O. The molecular formula is C103H154O14. The minimum absolute atomic E-state index is 0. The molecule has 6 aromatic carbocycles. The molecule has 0 unspecified atom stereocenters. The van der Waals surface area contributed by atoms with Crippen LogP contribution >= 0.6 is 0 Å². The summed E-state index contributed by atoms with van der Waals surface area (Å²) in [5, 5.41) is 101. The number of rotatable bonds is 14. The van der Waals surface area contributed by atoms with E-state index in [1.807, 2.05) is 215 Å². The predicted octanol–water partition coefficient (Wildman–Crippen LogP) is 25.8. The molecule has 0 aliphatic rings. The van der Waals surface area contributed by atoms with Crippen LogP contribution in [0.15, 0.2) is 121 Å². The van der Waals surface area contributed by atoms with Gasteiger partial charge in [0.25, 0.3) is 0 Å². The zero-order valence-electron chi connectivity index (χ0n) is 78.3. The molecule has 0 aliphatic carbocycles. The molecule has 0 saturated heterocycles. The van der Waals surface area contributed by atoms with Crippen LogP contribution in [0.3, 0.4) is 0 Å². The quantitative estimate of drug-likeness (QED) is 0.0455. The fourth-order valence-corrected chi connectivity index (χ4v) is 13.2. The summed E-state index contributed by atoms with van der Waals surface area (Å²) < 4.78 is 0. The maximum atomic E-state index is 11.4. The Morgan fingerprint density at radius 3 is 0.479 bits per heavy atom. The van der Waals surface area contributed by atoms with Crippen molar-refractivity contribution in [1.82, 2.24) is 0 Å². The summed E-state index contributed by atoms with van der Waals surface area (Å²) >= 11 is 0. The molecule has 650 valence electrons. The number of phenolic OH excluding ortho intramolecular Hbond substituents is 6. The van der Waals surface area contributed by atoms with Crippen molar-refractivity contribution in [3.63, 3.8) is 0 Å². The lowest BCUT2D eigenvalue weighted by Crippen LogP contribution is -2.19. The molecule has 14 nitrogen and oxygen atoms in total. The highest BCUT2D eigenvalue weighted by Gasteiger charge is 2.35. The fraction of sp³-hybridized carbons (Fsp3) is 0.534. The highest BCUT2D eigenvalue weighted by Crippen LogP contribution is 2.49. The van der Waals surface area contributed by atoms with Crippen LogP contribution in [0.25, 0.3) is 0 Å². The van der Waals surface area contributed by atoms with Crippen LogP contribution in [0.4, 0.5) is 0 Å². The van der Waals surface area contributed by atoms with E-state index in [0.717, 1.165) is 89.0 Å². The molecule has 0 aliphatic heterocycles. The summed E-state index contributed by atoms with van der Waals surface area (Å²) in [6.07, 6.45) is 1.12. The first-order chi connectivity index (χ1) is 51.5. The Hall–Kier alpha value is -9.04. The molecule has 10 N–H and O–H groups in total. The van der Waals surface area contributed by atoms with E-state index in [4.69, 9.17) is 20.4 Å². The monoisotopic (exact) mass is 1620 g/mol. The fourth-order valence-electron chi connectivity index (χ4n) is 13.2. The first kappa shape index (κ1) is 106. The zero-order chi connectivity index (χ0) is 91.4. The zero-order valence-corrected chi connectivity index (χ0v) is 78.3. The van der Waals surface area contributed by atoms with Crippen molar-refractivity contribution in [2.75, 3.05) is 0 Å². The first-order valence-electron chi connectivity index (χ1n) is 40.4. The Kier molecular flexibility index (Phi) is 34.3. The highest BCUT2D eigenvalue weighted by atomic mass is 16.4. The molecule has 0 spiro atoms. The second-order valence-electron chi connectivity index (χ2n) is 44.1. The van der Waals surface area contributed by atoms with Gasteiger partial charge in [0.2, 0.25) is 0 Å². The molecule has 0 fully saturated rings. The van der Waals surface area contributed by atoms with Crippen LogP contribution in [0, 0.1) is 0 Å². The number of aromatic hydroxyl groups is 6. The first-order valence-corrected chi connectivity index (χ1v) is 40.4. The maximum absolute atomic E-state index is 11.4. The number of carboxylic acid groups (broad SMARTS) is 4. The van der Waals surface area contributed by atoms with Gasteiger partial charge in [0.15, 0.2) is 0 Å². The van der Waals surface area contributed by atoms with E-state index in [2.05, 4.69) is 141 Å². The average Bonchev–Trinajstić information content (AvgIpc) is 0.766. The Bertz CT molecular complexity index is 3970. The molecule has 0 amide bonds. The Balaban J connectivity index is 0.000000739. The Labute approximate surface area is 706 Å². The minimum Gasteiger partial charge on any atom is -0.507 e. The van der Waals surface area contributed by atoms with E-state index < -0.39 is 23.9 Å². The van der Waals surface area contributed by atoms with Crippen molar-refractivity contribution in [2.45, 2.75) is 360 Å². The van der Waals surface area contributed by atoms with Gasteiger partial charge in [0.1, 0.15) is 34.5 Å². The minimum atomic E-state index is -0.988. The lowest BCUT2D eigenvalue weighted by atomic mass is 9.74. The van der Waals surface area contributed by atoms with E-state index in [-0.39, 0.29) is 126 Å². The van der Waals surface area contributed by atoms with Crippen LogP contribution in [-0.4, -0.2) is 74.9 Å². The van der Waals surface area contributed by atoms with E-state index in [1.165, 1.54) is 11.1 Å². The summed E-state index contributed by atoms with van der Waals surface area (Å²) in [5.41, 5.74) is 14.6. The molecule has 0 aromatic heterocycles. The molecule has 0 atom stereocenters. The molecular weight excluding hydrogens is 1460 g/mol. The topological polar surface area (TPSA) is 271 Å². The van der Waals surface area contributed by atoms with Crippen molar-refractivity contribution in [1.29, 1.82) is 0 Å². The molecule has 14 heteroatoms. The van der Waals surface area contributed by atoms with E-state index in [0.29, 0.717) is 34.5 Å². The van der Waals surface area contributed by atoms with Gasteiger partial charge in [-0.15, -0.1) is 0 Å². The average molecular weight is 1620 g/mol. The van der Waals surface area contributed by atoms with Crippen LogP contribution in [0.2, 0.25) is 0 Å². The molecule has 6 rings (SSSR count). The number of phenols is 6. The number of benzene rings is 6. The maximum Gasteiger partial charge on any atom is 0.331 e. The van der Waals surface area contributed by atoms with Gasteiger partial charge in [-0.25, -0.2) is 19.2 Å². The third kappa shape index (κ3) is 29.8. The van der Waals surface area contributed by atoms with Gasteiger partial charge in [0.05, 0.1) is 0 Å². The summed E-state index contributed by atoms with van der Waals surface area (Å²) in [6, 6.07) is 23.7. The summed E-state index contributed by atoms with van der Waals surface area (Å²) in [7, 11) is 0. The molecule has 0 bridgehead atoms. The lowest BCUT2D eigenvalue weighted by molar-refractivity contribution is -0.133. The van der Waals surface area contributed by atoms with Crippen molar-refractivity contribution in [3.05, 3.63) is 222 Å². The number of hydrogen-bond acceptors (Lipinski definition) is 10. The summed E-state index contributed by atoms with van der Waals surface area (Å²) in [6.45, 7) is 91.3.